The number of hydrogen-bond acceptors (Lipinski definition) is 1. The van der Waals surface area contributed by atoms with E-state index < -0.39 is 5.41 Å². The van der Waals surface area contributed by atoms with Gasteiger partial charge in [0.25, 0.3) is 0 Å². The van der Waals surface area contributed by atoms with Gasteiger partial charge in [0.1, 0.15) is 0 Å². The molecule has 1 aromatic heterocycles. The molecule has 2 aliphatic rings. The highest BCUT2D eigenvalue weighted by atomic mass is 15.1. The van der Waals surface area contributed by atoms with E-state index in [0.29, 0.717) is 0 Å². The van der Waals surface area contributed by atoms with E-state index in [1.165, 1.54) is 77.4 Å². The maximum atomic E-state index is 2.50. The van der Waals surface area contributed by atoms with Crippen molar-refractivity contribution in [3.8, 4) is 39.1 Å². The molecule has 10 aromatic rings. The molecule has 0 bridgehead atoms. The van der Waals surface area contributed by atoms with E-state index >= 15 is 0 Å². The van der Waals surface area contributed by atoms with Crippen LogP contribution in [0.5, 0.6) is 0 Å². The summed E-state index contributed by atoms with van der Waals surface area (Å²) in [6.07, 6.45) is 0. The SMILES string of the molecule is c1ccc(-c2cc(N(c3ccccc3)c3ccc4c5ccccc5n(-c5ccccc5)c4c3)cc3c2-c2ccccc2C32c3ccccc3-c3ccccc32)cc1. The molecule has 0 amide bonds. The van der Waals surface area contributed by atoms with Crippen LogP contribution in [0.3, 0.4) is 0 Å². The number of rotatable bonds is 5. The van der Waals surface area contributed by atoms with Crippen molar-refractivity contribution in [3.05, 3.63) is 241 Å². The molecular formula is C55H36N2. The monoisotopic (exact) mass is 724 g/mol. The first-order valence-electron chi connectivity index (χ1n) is 19.8. The lowest BCUT2D eigenvalue weighted by molar-refractivity contribution is 0.794. The second kappa shape index (κ2) is 12.3. The Morgan fingerprint density at radius 3 is 1.58 bits per heavy atom. The third kappa shape index (κ3) is 4.47. The molecule has 266 valence electrons. The lowest BCUT2D eigenvalue weighted by Gasteiger charge is -2.33. The third-order valence-corrected chi connectivity index (χ3v) is 12.4. The van der Waals surface area contributed by atoms with Crippen molar-refractivity contribution in [1.29, 1.82) is 0 Å². The van der Waals surface area contributed by atoms with Crippen molar-refractivity contribution in [2.24, 2.45) is 0 Å². The van der Waals surface area contributed by atoms with Gasteiger partial charge in [-0.15, -0.1) is 0 Å². The molecule has 0 saturated heterocycles. The number of anilines is 3. The van der Waals surface area contributed by atoms with Crippen LogP contribution in [0.15, 0.2) is 218 Å². The van der Waals surface area contributed by atoms with Gasteiger partial charge in [0.05, 0.1) is 16.4 Å². The minimum Gasteiger partial charge on any atom is -0.310 e. The molecule has 57 heavy (non-hydrogen) atoms. The van der Waals surface area contributed by atoms with Gasteiger partial charge in [0.2, 0.25) is 0 Å². The van der Waals surface area contributed by atoms with Crippen molar-refractivity contribution in [3.63, 3.8) is 0 Å². The van der Waals surface area contributed by atoms with Crippen LogP contribution in [0.2, 0.25) is 0 Å². The van der Waals surface area contributed by atoms with Gasteiger partial charge in [-0.05, 0) is 110 Å². The van der Waals surface area contributed by atoms with Crippen molar-refractivity contribution < 1.29 is 0 Å². The van der Waals surface area contributed by atoms with Crippen molar-refractivity contribution in [2.45, 2.75) is 5.41 Å². The largest absolute Gasteiger partial charge is 0.310 e. The van der Waals surface area contributed by atoms with Gasteiger partial charge >= 0.3 is 0 Å². The Hall–Kier alpha value is -7.42. The summed E-state index contributed by atoms with van der Waals surface area (Å²) >= 11 is 0. The summed E-state index contributed by atoms with van der Waals surface area (Å²) in [7, 11) is 0. The maximum Gasteiger partial charge on any atom is 0.0726 e. The lowest BCUT2D eigenvalue weighted by atomic mass is 9.70. The Labute approximate surface area is 332 Å². The van der Waals surface area contributed by atoms with Gasteiger partial charge in [-0.25, -0.2) is 0 Å². The zero-order valence-corrected chi connectivity index (χ0v) is 31.2. The predicted molar refractivity (Wildman–Crippen MR) is 237 cm³/mol. The summed E-state index contributed by atoms with van der Waals surface area (Å²) in [5, 5.41) is 2.48. The molecule has 2 aliphatic carbocycles. The second-order valence-corrected chi connectivity index (χ2v) is 15.2. The Morgan fingerprint density at radius 1 is 0.333 bits per heavy atom. The average molecular weight is 725 g/mol. The van der Waals surface area contributed by atoms with Gasteiger partial charge in [-0.1, -0.05) is 164 Å². The van der Waals surface area contributed by atoms with E-state index in [0.717, 1.165) is 22.7 Å². The van der Waals surface area contributed by atoms with Gasteiger partial charge in [0, 0.05) is 33.5 Å². The number of fused-ring (bicyclic) bond motifs is 13. The van der Waals surface area contributed by atoms with Gasteiger partial charge in [0.15, 0.2) is 0 Å². The number of aromatic nitrogens is 1. The minimum absolute atomic E-state index is 0.481. The van der Waals surface area contributed by atoms with Crippen LogP contribution < -0.4 is 4.90 Å². The van der Waals surface area contributed by atoms with Crippen LogP contribution in [-0.4, -0.2) is 4.57 Å². The van der Waals surface area contributed by atoms with Crippen molar-refractivity contribution in [1.82, 2.24) is 4.57 Å². The molecule has 0 N–H and O–H groups in total. The zero-order chi connectivity index (χ0) is 37.5. The van der Waals surface area contributed by atoms with E-state index in [9.17, 15) is 0 Å². The highest BCUT2D eigenvalue weighted by Gasteiger charge is 2.52. The molecule has 1 spiro atoms. The topological polar surface area (TPSA) is 8.17 Å². The smallest absolute Gasteiger partial charge is 0.0726 e. The van der Waals surface area contributed by atoms with Crippen LogP contribution in [-0.2, 0) is 5.41 Å². The molecule has 0 fully saturated rings. The number of benzene rings is 9. The van der Waals surface area contributed by atoms with Crippen LogP contribution in [0.25, 0.3) is 60.9 Å². The summed E-state index contributed by atoms with van der Waals surface area (Å²) < 4.78 is 2.41. The molecular weight excluding hydrogens is 689 g/mol. The fourth-order valence-corrected chi connectivity index (χ4v) is 10.2. The predicted octanol–water partition coefficient (Wildman–Crippen LogP) is 14.3. The molecule has 0 atom stereocenters. The summed E-state index contributed by atoms with van der Waals surface area (Å²) in [5.74, 6) is 0. The minimum atomic E-state index is -0.481. The summed E-state index contributed by atoms with van der Waals surface area (Å²) in [6, 6.07) is 80.5. The molecule has 1 heterocycles. The number of nitrogens with zero attached hydrogens (tertiary/aromatic N) is 2. The van der Waals surface area contributed by atoms with Gasteiger partial charge in [-0.2, -0.15) is 0 Å². The zero-order valence-electron chi connectivity index (χ0n) is 31.2. The van der Waals surface area contributed by atoms with Crippen LogP contribution >= 0.6 is 0 Å². The molecule has 0 radical (unpaired) electrons. The molecule has 2 nitrogen and oxygen atoms in total. The Morgan fingerprint density at radius 2 is 0.877 bits per heavy atom. The molecule has 0 saturated carbocycles. The Balaban J connectivity index is 1.19. The Kier molecular flexibility index (Phi) is 6.88. The summed E-state index contributed by atoms with van der Waals surface area (Å²) in [6.45, 7) is 0. The van der Waals surface area contributed by atoms with E-state index in [-0.39, 0.29) is 0 Å². The quantitative estimate of drug-likeness (QED) is 0.172. The molecule has 0 aliphatic heterocycles. The standard InChI is InChI=1S/C55H36N2/c1-4-18-37(19-5-1)47-34-41(35-51-54(47)46-27-12-16-30-50(46)55(51)48-28-14-10-24-42(48)43-25-11-15-29-49(43)55)56(38-20-6-2-7-21-38)40-32-33-45-44-26-13-17-31-52(44)57(53(45)36-40)39-22-8-3-9-23-39/h1-36H. The highest BCUT2D eigenvalue weighted by Crippen LogP contribution is 2.65. The fraction of sp³-hybridized carbons (Fsp3) is 0.0182. The molecule has 2 heteroatoms. The average Bonchev–Trinajstić information content (AvgIpc) is 3.89. The first-order valence-corrected chi connectivity index (χ1v) is 19.8. The third-order valence-electron chi connectivity index (χ3n) is 12.4. The van der Waals surface area contributed by atoms with E-state index in [1.54, 1.807) is 0 Å². The summed E-state index contributed by atoms with van der Waals surface area (Å²) in [4.78, 5) is 2.46. The lowest BCUT2D eigenvalue weighted by Crippen LogP contribution is -2.26. The van der Waals surface area contributed by atoms with Crippen LogP contribution in [0.4, 0.5) is 17.1 Å². The van der Waals surface area contributed by atoms with Crippen molar-refractivity contribution >= 4 is 38.9 Å². The molecule has 12 rings (SSSR count). The number of hydrogen-bond donors (Lipinski definition) is 0. The second-order valence-electron chi connectivity index (χ2n) is 15.2. The normalized spacial score (nSPS) is 13.1. The van der Waals surface area contributed by atoms with E-state index in [2.05, 4.69) is 228 Å². The number of para-hydroxylation sites is 3. The Bertz CT molecular complexity index is 3130. The highest BCUT2D eigenvalue weighted by molar-refractivity contribution is 6.10. The van der Waals surface area contributed by atoms with Crippen LogP contribution in [0.1, 0.15) is 22.3 Å². The molecule has 0 unspecified atom stereocenters. The maximum absolute atomic E-state index is 2.50. The van der Waals surface area contributed by atoms with Gasteiger partial charge < -0.3 is 9.47 Å². The molecule has 9 aromatic carbocycles. The van der Waals surface area contributed by atoms with Crippen LogP contribution in [0, 0.1) is 0 Å². The van der Waals surface area contributed by atoms with E-state index in [4.69, 9.17) is 0 Å². The summed E-state index contributed by atoms with van der Waals surface area (Å²) in [5.41, 5.74) is 19.4. The fourth-order valence-electron chi connectivity index (χ4n) is 10.2. The van der Waals surface area contributed by atoms with Crippen molar-refractivity contribution in [2.75, 3.05) is 4.90 Å². The van der Waals surface area contributed by atoms with E-state index in [1.807, 2.05) is 0 Å². The first kappa shape index (κ1) is 31.9. The first-order chi connectivity index (χ1) is 28.3. The van der Waals surface area contributed by atoms with Gasteiger partial charge in [-0.3, -0.25) is 0 Å².